The number of hydrogen-bond donors (Lipinski definition) is 0. The van der Waals surface area contributed by atoms with Crippen LogP contribution < -0.4 is 4.52 Å². The summed E-state index contributed by atoms with van der Waals surface area (Å²) in [5.74, 6) is 0.708. The van der Waals surface area contributed by atoms with Gasteiger partial charge in [0.05, 0.1) is 0 Å². The fourth-order valence-corrected chi connectivity index (χ4v) is 7.03. The molecule has 0 aliphatic heterocycles. The molecule has 0 radical (unpaired) electrons. The lowest BCUT2D eigenvalue weighted by atomic mass is 9.79. The molecule has 0 unspecified atom stereocenters. The molecule has 6 aromatic carbocycles. The molecule has 0 saturated carbocycles. The molecule has 1 heterocycles. The number of para-hydroxylation sites is 1. The summed E-state index contributed by atoms with van der Waals surface area (Å²) in [6.45, 7) is 13.6. The third-order valence-corrected chi connectivity index (χ3v) is 9.65. The fourth-order valence-electron chi connectivity index (χ4n) is 5.97. The topological polar surface area (TPSA) is 35.5 Å². The van der Waals surface area contributed by atoms with E-state index in [0.717, 1.165) is 49.0 Å². The minimum absolute atomic E-state index is 0.0465. The van der Waals surface area contributed by atoms with E-state index in [1.165, 1.54) is 16.7 Å². The van der Waals surface area contributed by atoms with Crippen molar-refractivity contribution in [3.05, 3.63) is 138 Å². The smallest absolute Gasteiger partial charge is 0.390 e. The molecule has 0 bridgehead atoms. The Bertz CT molecular complexity index is 2180. The highest BCUT2D eigenvalue weighted by molar-refractivity contribution is 7.32. The van der Waals surface area contributed by atoms with Crippen LogP contribution in [0.1, 0.15) is 63.8 Å². The maximum absolute atomic E-state index is 6.62. The normalized spacial score (nSPS) is 12.5. The molecular formula is C42H39O3P. The Morgan fingerprint density at radius 3 is 1.59 bits per heavy atom. The lowest BCUT2D eigenvalue weighted by molar-refractivity contribution is 0.497. The summed E-state index contributed by atoms with van der Waals surface area (Å²) in [6.07, 6.45) is 4.30. The van der Waals surface area contributed by atoms with Crippen LogP contribution in [-0.2, 0) is 10.8 Å². The Hall–Kier alpha value is -4.72. The van der Waals surface area contributed by atoms with E-state index < -0.39 is 8.24 Å². The first-order chi connectivity index (χ1) is 22.0. The van der Waals surface area contributed by atoms with Crippen molar-refractivity contribution in [3.8, 4) is 5.75 Å². The van der Waals surface area contributed by atoms with Crippen LogP contribution in [0.15, 0.2) is 124 Å². The zero-order valence-corrected chi connectivity index (χ0v) is 28.2. The van der Waals surface area contributed by atoms with Gasteiger partial charge in [-0.25, -0.2) is 0 Å². The number of benzene rings is 6. The van der Waals surface area contributed by atoms with Crippen molar-refractivity contribution in [3.63, 3.8) is 0 Å². The van der Waals surface area contributed by atoms with Gasteiger partial charge in [0.2, 0.25) is 0 Å². The van der Waals surface area contributed by atoms with Crippen molar-refractivity contribution in [1.29, 1.82) is 0 Å². The predicted octanol–water partition coefficient (Wildman–Crippen LogP) is 13.2. The van der Waals surface area contributed by atoms with Crippen molar-refractivity contribution >= 4 is 63.9 Å². The third kappa shape index (κ3) is 5.84. The number of rotatable bonds is 4. The lowest BCUT2D eigenvalue weighted by Crippen LogP contribution is -2.16. The van der Waals surface area contributed by atoms with Crippen molar-refractivity contribution in [2.24, 2.45) is 0 Å². The van der Waals surface area contributed by atoms with Crippen molar-refractivity contribution in [2.45, 2.75) is 52.4 Å². The molecule has 0 amide bonds. The first-order valence-electron chi connectivity index (χ1n) is 15.9. The van der Waals surface area contributed by atoms with E-state index in [2.05, 4.69) is 139 Å². The molecule has 0 fully saturated rings. The molecule has 230 valence electrons. The van der Waals surface area contributed by atoms with Gasteiger partial charge in [0.25, 0.3) is 0 Å². The van der Waals surface area contributed by atoms with Gasteiger partial charge in [0.1, 0.15) is 16.9 Å². The highest BCUT2D eigenvalue weighted by Gasteiger charge is 2.20. The van der Waals surface area contributed by atoms with E-state index in [1.54, 1.807) is 0 Å². The van der Waals surface area contributed by atoms with E-state index in [9.17, 15) is 0 Å². The second-order valence-electron chi connectivity index (χ2n) is 14.0. The first kappa shape index (κ1) is 30.0. The molecule has 4 heteroatoms. The zero-order valence-electron chi connectivity index (χ0n) is 27.3. The number of fused-ring (bicyclic) bond motifs is 7. The lowest BCUT2D eigenvalue weighted by Gasteiger charge is -2.25. The SMILES string of the molecule is CC(C)(C)c1cc(/C=C/c2ccccc2Op2oc3ccc4ccccc4c3c3c(ccc4ccccc43)o2)cc(C(C)(C)C)c1. The van der Waals surface area contributed by atoms with E-state index in [-0.39, 0.29) is 10.8 Å². The van der Waals surface area contributed by atoms with Gasteiger partial charge in [0, 0.05) is 16.3 Å². The summed E-state index contributed by atoms with van der Waals surface area (Å²) in [4.78, 5) is 0. The van der Waals surface area contributed by atoms with Gasteiger partial charge in [-0.05, 0) is 67.3 Å². The van der Waals surface area contributed by atoms with E-state index in [4.69, 9.17) is 12.9 Å². The van der Waals surface area contributed by atoms with Gasteiger partial charge in [-0.15, -0.1) is 0 Å². The zero-order chi connectivity index (χ0) is 32.1. The standard InChI is InChI=1S/C42H39O3P/c1-41(2,3)32-25-28(26-33(27-32)42(4,5)6)19-20-31-15-9-12-18-36(31)43-46-44-37-23-21-29-13-7-10-16-34(29)39(37)40-35-17-11-8-14-30(35)22-24-38(40)45-46/h7-27H,1-6H3/b20-19+. The fraction of sp³-hybridized carbons (Fsp3) is 0.190. The van der Waals surface area contributed by atoms with Crippen molar-refractivity contribution in [1.82, 2.24) is 0 Å². The van der Waals surface area contributed by atoms with Crippen molar-refractivity contribution in [2.75, 3.05) is 0 Å². The summed E-state index contributed by atoms with van der Waals surface area (Å²) in [6, 6.07) is 40.1. The van der Waals surface area contributed by atoms with Crippen LogP contribution in [0.2, 0.25) is 0 Å². The van der Waals surface area contributed by atoms with Crippen LogP contribution in [-0.4, -0.2) is 0 Å². The van der Waals surface area contributed by atoms with E-state index in [1.807, 2.05) is 30.3 Å². The summed E-state index contributed by atoms with van der Waals surface area (Å²) in [7, 11) is -1.81. The van der Waals surface area contributed by atoms with Gasteiger partial charge >= 0.3 is 8.24 Å². The predicted molar refractivity (Wildman–Crippen MR) is 197 cm³/mol. The van der Waals surface area contributed by atoms with Gasteiger partial charge in [-0.1, -0.05) is 151 Å². The van der Waals surface area contributed by atoms with Crippen LogP contribution >= 0.6 is 8.24 Å². The Morgan fingerprint density at radius 1 is 0.543 bits per heavy atom. The van der Waals surface area contributed by atoms with Gasteiger partial charge in [0.15, 0.2) is 0 Å². The molecule has 0 saturated heterocycles. The Morgan fingerprint density at radius 2 is 1.04 bits per heavy atom. The molecule has 0 atom stereocenters. The third-order valence-electron chi connectivity index (χ3n) is 8.61. The highest BCUT2D eigenvalue weighted by atomic mass is 31.1. The molecule has 7 aromatic rings. The summed E-state index contributed by atoms with van der Waals surface area (Å²) in [5.41, 5.74) is 6.37. The Kier molecular flexibility index (Phi) is 7.54. The maximum atomic E-state index is 6.62. The molecule has 0 aliphatic rings. The number of hydrogen-bond acceptors (Lipinski definition) is 3. The molecule has 0 N–H and O–H groups in total. The molecule has 1 aromatic heterocycles. The van der Waals surface area contributed by atoms with E-state index in [0.29, 0.717) is 5.75 Å². The van der Waals surface area contributed by atoms with Crippen LogP contribution in [0.5, 0.6) is 5.75 Å². The van der Waals surface area contributed by atoms with Crippen LogP contribution in [0.4, 0.5) is 0 Å². The van der Waals surface area contributed by atoms with Gasteiger partial charge < -0.3 is 12.9 Å². The van der Waals surface area contributed by atoms with Crippen LogP contribution in [0, 0.1) is 0 Å². The molecule has 0 spiro atoms. The van der Waals surface area contributed by atoms with Crippen LogP contribution in [0.25, 0.3) is 55.6 Å². The van der Waals surface area contributed by atoms with Crippen molar-refractivity contribution < 1.29 is 12.9 Å². The molecule has 0 aliphatic carbocycles. The minimum Gasteiger partial charge on any atom is -0.390 e. The summed E-state index contributed by atoms with van der Waals surface area (Å²) in [5, 5.41) is 6.59. The maximum Gasteiger partial charge on any atom is 0.453 e. The van der Waals surface area contributed by atoms with E-state index >= 15 is 0 Å². The Labute approximate surface area is 271 Å². The highest BCUT2D eigenvalue weighted by Crippen LogP contribution is 2.42. The van der Waals surface area contributed by atoms with Gasteiger partial charge in [-0.3, -0.25) is 0 Å². The summed E-state index contributed by atoms with van der Waals surface area (Å²) >= 11 is 0. The average Bonchev–Trinajstić information content (AvgIpc) is 3.20. The average molecular weight is 623 g/mol. The van der Waals surface area contributed by atoms with Gasteiger partial charge in [-0.2, -0.15) is 0 Å². The monoisotopic (exact) mass is 622 g/mol. The molecule has 3 nitrogen and oxygen atoms in total. The van der Waals surface area contributed by atoms with Crippen LogP contribution in [0.3, 0.4) is 0 Å². The second kappa shape index (κ2) is 11.6. The largest absolute Gasteiger partial charge is 0.453 e. The molecule has 46 heavy (non-hydrogen) atoms. The first-order valence-corrected chi connectivity index (χ1v) is 17.0. The second-order valence-corrected chi connectivity index (χ2v) is 15.0. The molecule has 7 rings (SSSR count). The minimum atomic E-state index is -1.81. The molecular weight excluding hydrogens is 583 g/mol. The Balaban J connectivity index is 1.37. The quantitative estimate of drug-likeness (QED) is 0.183. The summed E-state index contributed by atoms with van der Waals surface area (Å²) < 4.78 is 19.9.